The lowest BCUT2D eigenvalue weighted by atomic mass is 10.1. The molecule has 0 aliphatic rings. The van der Waals surface area contributed by atoms with E-state index < -0.39 is 11.2 Å². The molecule has 0 fully saturated rings. The van der Waals surface area contributed by atoms with Gasteiger partial charge in [0.25, 0.3) is 5.56 Å². The number of carbonyl (C=O) groups is 1. The lowest BCUT2D eigenvalue weighted by Crippen LogP contribution is -2.39. The summed E-state index contributed by atoms with van der Waals surface area (Å²) in [4.78, 5) is 40.1. The lowest BCUT2D eigenvalue weighted by Gasteiger charge is -2.20. The van der Waals surface area contributed by atoms with Gasteiger partial charge in [-0.1, -0.05) is 43.1 Å². The summed E-state index contributed by atoms with van der Waals surface area (Å²) in [7, 11) is 1.45. The minimum atomic E-state index is -0.690. The Kier molecular flexibility index (Phi) is 6.03. The number of likely N-dealkylation sites (N-methyl/N-ethyl adjacent to an activating group) is 1. The molecule has 25 heavy (non-hydrogen) atoms. The number of hydrogen-bond acceptors (Lipinski definition) is 4. The van der Waals surface area contributed by atoms with Gasteiger partial charge in [0.05, 0.1) is 6.42 Å². The fraction of sp³-hybridized carbons (Fsp3) is 0.353. The van der Waals surface area contributed by atoms with E-state index in [0.29, 0.717) is 17.1 Å². The van der Waals surface area contributed by atoms with Crippen LogP contribution in [0.5, 0.6) is 0 Å². The molecule has 3 N–H and O–H groups in total. The monoisotopic (exact) mass is 364 g/mol. The van der Waals surface area contributed by atoms with Crippen molar-refractivity contribution in [3.8, 4) is 0 Å². The Morgan fingerprint density at radius 1 is 1.32 bits per heavy atom. The van der Waals surface area contributed by atoms with Crippen molar-refractivity contribution >= 4 is 29.0 Å². The van der Waals surface area contributed by atoms with E-state index in [0.717, 1.165) is 12.8 Å². The molecule has 0 aliphatic carbocycles. The maximum atomic E-state index is 12.6. The molecule has 0 radical (unpaired) electrons. The van der Waals surface area contributed by atoms with Crippen LogP contribution in [0, 0.1) is 0 Å². The molecule has 7 nitrogen and oxygen atoms in total. The summed E-state index contributed by atoms with van der Waals surface area (Å²) in [5.74, 6) is -0.372. The number of anilines is 2. The van der Waals surface area contributed by atoms with Gasteiger partial charge in [-0.05, 0) is 18.1 Å². The number of nitrogens with two attached hydrogens (primary N) is 1. The number of benzene rings is 1. The predicted octanol–water partition coefficient (Wildman–Crippen LogP) is 1.78. The molecule has 1 aromatic carbocycles. The first-order chi connectivity index (χ1) is 11.9. The summed E-state index contributed by atoms with van der Waals surface area (Å²) in [6.45, 7) is 2.35. The number of nitrogens with one attached hydrogen (secondary N) is 1. The normalized spacial score (nSPS) is 10.7. The van der Waals surface area contributed by atoms with Crippen molar-refractivity contribution in [3.05, 3.63) is 55.7 Å². The smallest absolute Gasteiger partial charge is 0.330 e. The summed E-state index contributed by atoms with van der Waals surface area (Å²) in [5, 5.41) is 0.471. The number of amides is 1. The second kappa shape index (κ2) is 8.02. The number of aromatic amines is 1. The van der Waals surface area contributed by atoms with Gasteiger partial charge in [0.15, 0.2) is 5.69 Å². The topological polar surface area (TPSA) is 101 Å². The molecule has 0 saturated carbocycles. The van der Waals surface area contributed by atoms with Crippen LogP contribution >= 0.6 is 11.6 Å². The predicted molar refractivity (Wildman–Crippen MR) is 99.2 cm³/mol. The molecule has 1 heterocycles. The van der Waals surface area contributed by atoms with Gasteiger partial charge < -0.3 is 10.6 Å². The number of rotatable bonds is 6. The van der Waals surface area contributed by atoms with Crippen LogP contribution in [0.3, 0.4) is 0 Å². The molecule has 0 spiro atoms. The van der Waals surface area contributed by atoms with E-state index >= 15 is 0 Å². The quantitative estimate of drug-likeness (QED) is 0.815. The highest BCUT2D eigenvalue weighted by atomic mass is 35.5. The number of halogens is 1. The molecular formula is C17H21ClN4O3. The molecule has 1 aromatic heterocycles. The average molecular weight is 365 g/mol. The van der Waals surface area contributed by atoms with E-state index in [1.807, 2.05) is 6.92 Å². The summed E-state index contributed by atoms with van der Waals surface area (Å²) < 4.78 is 1.28. The number of nitrogen functional groups attached to an aromatic ring is 1. The zero-order chi connectivity index (χ0) is 18.6. The van der Waals surface area contributed by atoms with Crippen molar-refractivity contribution < 1.29 is 4.79 Å². The molecule has 2 aromatic rings. The van der Waals surface area contributed by atoms with Crippen LogP contribution in [-0.2, 0) is 17.8 Å². The third-order valence-electron chi connectivity index (χ3n) is 3.96. The zero-order valence-corrected chi connectivity index (χ0v) is 15.0. The van der Waals surface area contributed by atoms with E-state index in [2.05, 4.69) is 4.98 Å². The summed E-state index contributed by atoms with van der Waals surface area (Å²) in [6.07, 6.45) is 1.61. The minimum absolute atomic E-state index is 0.0165. The van der Waals surface area contributed by atoms with Crippen LogP contribution in [0.1, 0.15) is 25.3 Å². The number of H-pyrrole nitrogens is 1. The van der Waals surface area contributed by atoms with E-state index in [9.17, 15) is 14.4 Å². The largest absolute Gasteiger partial charge is 0.383 e. The van der Waals surface area contributed by atoms with Crippen molar-refractivity contribution in [1.29, 1.82) is 0 Å². The first kappa shape index (κ1) is 18.8. The second-order valence-electron chi connectivity index (χ2n) is 5.72. The Balaban J connectivity index is 2.36. The van der Waals surface area contributed by atoms with Crippen molar-refractivity contribution in [3.63, 3.8) is 0 Å². The summed E-state index contributed by atoms with van der Waals surface area (Å²) in [5.41, 5.74) is 5.36. The number of carbonyl (C=O) groups excluding carboxylic acids is 1. The molecule has 2 rings (SSSR count). The van der Waals surface area contributed by atoms with Gasteiger partial charge in [-0.2, -0.15) is 0 Å². The standard InChI is InChI=1S/C17H21ClN4O3/c1-3-4-9-22-15(19)14(16(24)20-17(22)25)21(2)13(23)10-11-7-5-6-8-12(11)18/h5-8H,3-4,9-10,19H2,1-2H3,(H,20,24,25). The molecule has 0 saturated heterocycles. The van der Waals surface area contributed by atoms with Crippen molar-refractivity contribution in [2.75, 3.05) is 17.7 Å². The number of hydrogen-bond donors (Lipinski definition) is 2. The number of nitrogens with zero attached hydrogens (tertiary/aromatic N) is 2. The third-order valence-corrected chi connectivity index (χ3v) is 4.33. The fourth-order valence-electron chi connectivity index (χ4n) is 2.49. The average Bonchev–Trinajstić information content (AvgIpc) is 2.56. The van der Waals surface area contributed by atoms with Gasteiger partial charge >= 0.3 is 5.69 Å². The highest BCUT2D eigenvalue weighted by Gasteiger charge is 2.21. The SMILES string of the molecule is CCCCn1c(N)c(N(C)C(=O)Cc2ccccc2Cl)c(=O)[nH]c1=O. The third kappa shape index (κ3) is 4.11. The lowest BCUT2D eigenvalue weighted by molar-refractivity contribution is -0.117. The van der Waals surface area contributed by atoms with Gasteiger partial charge in [-0.15, -0.1) is 0 Å². The highest BCUT2D eigenvalue weighted by Crippen LogP contribution is 2.19. The van der Waals surface area contributed by atoms with Crippen LogP contribution in [0.4, 0.5) is 11.5 Å². The molecule has 0 aliphatic heterocycles. The first-order valence-electron chi connectivity index (χ1n) is 7.99. The fourth-order valence-corrected chi connectivity index (χ4v) is 2.69. The zero-order valence-electron chi connectivity index (χ0n) is 14.2. The maximum absolute atomic E-state index is 12.6. The molecule has 1 amide bonds. The van der Waals surface area contributed by atoms with Gasteiger partial charge in [0.1, 0.15) is 5.82 Å². The molecule has 0 bridgehead atoms. The Bertz CT molecular complexity index is 888. The Labute approximate surface area is 150 Å². The minimum Gasteiger partial charge on any atom is -0.383 e. The number of unbranched alkanes of at least 4 members (excludes halogenated alkanes) is 1. The van der Waals surface area contributed by atoms with Gasteiger partial charge in [0.2, 0.25) is 5.91 Å². The maximum Gasteiger partial charge on any atom is 0.330 e. The van der Waals surface area contributed by atoms with Gasteiger partial charge in [-0.25, -0.2) is 4.79 Å². The van der Waals surface area contributed by atoms with E-state index in [4.69, 9.17) is 17.3 Å². The van der Waals surface area contributed by atoms with Crippen molar-refractivity contribution in [2.24, 2.45) is 0 Å². The Hall–Kier alpha value is -2.54. The second-order valence-corrected chi connectivity index (χ2v) is 6.13. The van der Waals surface area contributed by atoms with Crippen LogP contribution < -0.4 is 21.9 Å². The first-order valence-corrected chi connectivity index (χ1v) is 8.37. The Morgan fingerprint density at radius 3 is 2.64 bits per heavy atom. The molecular weight excluding hydrogens is 344 g/mol. The van der Waals surface area contributed by atoms with E-state index in [-0.39, 0.29) is 23.8 Å². The van der Waals surface area contributed by atoms with E-state index in [1.165, 1.54) is 16.5 Å². The van der Waals surface area contributed by atoms with Gasteiger partial charge in [0, 0.05) is 18.6 Å². The summed E-state index contributed by atoms with van der Waals surface area (Å²) in [6, 6.07) is 6.98. The molecule has 0 unspecified atom stereocenters. The van der Waals surface area contributed by atoms with Crippen LogP contribution in [-0.4, -0.2) is 22.5 Å². The summed E-state index contributed by atoms with van der Waals surface area (Å²) >= 11 is 6.08. The van der Waals surface area contributed by atoms with Crippen molar-refractivity contribution in [1.82, 2.24) is 9.55 Å². The van der Waals surface area contributed by atoms with Crippen LogP contribution in [0.15, 0.2) is 33.9 Å². The molecule has 0 atom stereocenters. The molecule has 134 valence electrons. The van der Waals surface area contributed by atoms with Crippen LogP contribution in [0.25, 0.3) is 0 Å². The van der Waals surface area contributed by atoms with E-state index in [1.54, 1.807) is 24.3 Å². The van der Waals surface area contributed by atoms with Crippen LogP contribution in [0.2, 0.25) is 5.02 Å². The highest BCUT2D eigenvalue weighted by molar-refractivity contribution is 6.31. The Morgan fingerprint density at radius 2 is 2.00 bits per heavy atom. The van der Waals surface area contributed by atoms with Crippen molar-refractivity contribution in [2.45, 2.75) is 32.7 Å². The molecule has 8 heteroatoms. The number of aromatic nitrogens is 2. The van der Waals surface area contributed by atoms with Gasteiger partial charge in [-0.3, -0.25) is 19.1 Å².